The van der Waals surface area contributed by atoms with Gasteiger partial charge in [0.05, 0.1) is 5.56 Å². The van der Waals surface area contributed by atoms with E-state index in [4.69, 9.17) is 9.90 Å². The van der Waals surface area contributed by atoms with Crippen molar-refractivity contribution in [3.05, 3.63) is 30.1 Å². The Kier molecular flexibility index (Phi) is 6.22. The molecule has 3 aliphatic rings. The van der Waals surface area contributed by atoms with E-state index in [1.54, 1.807) is 12.4 Å². The maximum Gasteiger partial charge on any atom is 0.490 e. The zero-order valence-electron chi connectivity index (χ0n) is 15.4. The van der Waals surface area contributed by atoms with Crippen molar-refractivity contribution in [2.24, 2.45) is 17.8 Å². The monoisotopic (exact) mass is 399 g/mol. The van der Waals surface area contributed by atoms with E-state index in [0.29, 0.717) is 11.8 Å². The molecule has 2 aliphatic heterocycles. The molecule has 6 nitrogen and oxygen atoms in total. The maximum absolute atomic E-state index is 12.5. The van der Waals surface area contributed by atoms with E-state index >= 15 is 0 Å². The molecule has 4 rings (SSSR count). The fourth-order valence-electron chi connectivity index (χ4n) is 3.91. The van der Waals surface area contributed by atoms with E-state index in [9.17, 15) is 18.0 Å². The number of pyridine rings is 1. The lowest BCUT2D eigenvalue weighted by molar-refractivity contribution is -0.192. The summed E-state index contributed by atoms with van der Waals surface area (Å²) in [4.78, 5) is 30.2. The first-order valence-corrected chi connectivity index (χ1v) is 9.46. The number of amides is 1. The largest absolute Gasteiger partial charge is 0.490 e. The van der Waals surface area contributed by atoms with Crippen molar-refractivity contribution in [2.75, 3.05) is 32.7 Å². The second kappa shape index (κ2) is 8.46. The van der Waals surface area contributed by atoms with Crippen molar-refractivity contribution < 1.29 is 27.9 Å². The number of alkyl halides is 3. The Balaban J connectivity index is 0.000000279. The van der Waals surface area contributed by atoms with Crippen LogP contribution in [0.5, 0.6) is 0 Å². The molecule has 154 valence electrons. The van der Waals surface area contributed by atoms with Crippen LogP contribution in [0.2, 0.25) is 0 Å². The van der Waals surface area contributed by atoms with Gasteiger partial charge >= 0.3 is 12.1 Å². The molecule has 3 heterocycles. The van der Waals surface area contributed by atoms with Crippen LogP contribution >= 0.6 is 0 Å². The second-order valence-corrected chi connectivity index (χ2v) is 7.77. The first-order valence-electron chi connectivity index (χ1n) is 9.46. The minimum Gasteiger partial charge on any atom is -0.475 e. The first kappa shape index (κ1) is 20.6. The number of carbonyl (C=O) groups excluding carboxylic acids is 1. The number of aromatic nitrogens is 1. The second-order valence-electron chi connectivity index (χ2n) is 7.77. The quantitative estimate of drug-likeness (QED) is 0.846. The van der Waals surface area contributed by atoms with Gasteiger partial charge < -0.3 is 14.9 Å². The van der Waals surface area contributed by atoms with Gasteiger partial charge in [-0.2, -0.15) is 13.2 Å². The van der Waals surface area contributed by atoms with Crippen molar-refractivity contribution in [2.45, 2.75) is 25.4 Å². The Morgan fingerprint density at radius 1 is 1.14 bits per heavy atom. The molecule has 1 saturated carbocycles. The van der Waals surface area contributed by atoms with Crippen LogP contribution in [0.3, 0.4) is 0 Å². The summed E-state index contributed by atoms with van der Waals surface area (Å²) in [5.74, 6) is -0.242. The number of halogens is 3. The molecule has 0 unspecified atom stereocenters. The van der Waals surface area contributed by atoms with Crippen LogP contribution in [0, 0.1) is 17.8 Å². The summed E-state index contributed by atoms with van der Waals surface area (Å²) >= 11 is 0. The normalized spacial score (nSPS) is 24.9. The van der Waals surface area contributed by atoms with Crippen LogP contribution < -0.4 is 0 Å². The summed E-state index contributed by atoms with van der Waals surface area (Å²) in [6, 6.07) is 3.71. The number of hydrogen-bond acceptors (Lipinski definition) is 4. The predicted octanol–water partition coefficient (Wildman–Crippen LogP) is 2.52. The van der Waals surface area contributed by atoms with Crippen molar-refractivity contribution in [3.8, 4) is 0 Å². The molecule has 1 aromatic rings. The van der Waals surface area contributed by atoms with Gasteiger partial charge in [-0.1, -0.05) is 0 Å². The number of likely N-dealkylation sites (tertiary alicyclic amines) is 2. The Morgan fingerprint density at radius 2 is 1.82 bits per heavy atom. The zero-order chi connectivity index (χ0) is 20.3. The number of nitrogens with zero attached hydrogens (tertiary/aromatic N) is 3. The van der Waals surface area contributed by atoms with E-state index in [-0.39, 0.29) is 5.91 Å². The molecule has 9 heteroatoms. The lowest BCUT2D eigenvalue weighted by Crippen LogP contribution is -2.40. The lowest BCUT2D eigenvalue weighted by atomic mass is 9.88. The molecule has 1 N–H and O–H groups in total. The smallest absolute Gasteiger partial charge is 0.475 e. The van der Waals surface area contributed by atoms with Crippen molar-refractivity contribution in [3.63, 3.8) is 0 Å². The number of fused-ring (bicyclic) bond motifs is 1. The van der Waals surface area contributed by atoms with Gasteiger partial charge in [0.15, 0.2) is 0 Å². The van der Waals surface area contributed by atoms with Gasteiger partial charge in [-0.25, -0.2) is 4.79 Å². The lowest BCUT2D eigenvalue weighted by Gasteiger charge is -2.34. The molecule has 3 fully saturated rings. The zero-order valence-corrected chi connectivity index (χ0v) is 15.4. The molecule has 28 heavy (non-hydrogen) atoms. The third-order valence-corrected chi connectivity index (χ3v) is 5.54. The van der Waals surface area contributed by atoms with E-state index in [0.717, 1.165) is 24.6 Å². The van der Waals surface area contributed by atoms with Crippen molar-refractivity contribution >= 4 is 11.9 Å². The molecular formula is C19H24F3N3O3. The Bertz CT molecular complexity index is 695. The molecule has 2 atom stereocenters. The number of carbonyl (C=O) groups is 2. The summed E-state index contributed by atoms with van der Waals surface area (Å²) in [6.07, 6.45) is 2.43. The third kappa shape index (κ3) is 5.43. The van der Waals surface area contributed by atoms with Crippen LogP contribution in [-0.4, -0.2) is 70.7 Å². The van der Waals surface area contributed by atoms with Gasteiger partial charge in [0.2, 0.25) is 0 Å². The minimum atomic E-state index is -5.08. The first-order chi connectivity index (χ1) is 13.2. The van der Waals surface area contributed by atoms with Gasteiger partial charge in [0, 0.05) is 38.6 Å². The average molecular weight is 399 g/mol. The number of rotatable bonds is 3. The third-order valence-electron chi connectivity index (χ3n) is 5.54. The van der Waals surface area contributed by atoms with Gasteiger partial charge in [-0.3, -0.25) is 9.78 Å². The van der Waals surface area contributed by atoms with Crippen LogP contribution in [0.25, 0.3) is 0 Å². The highest BCUT2D eigenvalue weighted by Crippen LogP contribution is 2.35. The van der Waals surface area contributed by atoms with Crippen molar-refractivity contribution in [1.82, 2.24) is 14.8 Å². The minimum absolute atomic E-state index is 0.159. The summed E-state index contributed by atoms with van der Waals surface area (Å²) < 4.78 is 31.7. The van der Waals surface area contributed by atoms with E-state index in [2.05, 4.69) is 9.88 Å². The Labute approximate surface area is 161 Å². The van der Waals surface area contributed by atoms with Crippen molar-refractivity contribution in [1.29, 1.82) is 0 Å². The highest BCUT2D eigenvalue weighted by atomic mass is 19.4. The number of carboxylic acid groups (broad SMARTS) is 1. The standard InChI is InChI=1S/C17H23N3O.C2HF3O2/c21-17(14-2-1-6-18-8-14)20-11-15-5-7-19(9-13-3-4-13)10-16(15)12-20;3-2(4,5)1(6)7/h1-2,6,8,13,15-16H,3-5,7,9-12H2;(H,6,7)/t15-,16+;/m0./s1. The molecular weight excluding hydrogens is 375 g/mol. The van der Waals surface area contributed by atoms with E-state index in [1.165, 1.54) is 38.9 Å². The Morgan fingerprint density at radius 3 is 2.39 bits per heavy atom. The molecule has 0 radical (unpaired) electrons. The van der Waals surface area contributed by atoms with Gasteiger partial charge in [0.1, 0.15) is 0 Å². The molecule has 0 spiro atoms. The number of piperidine rings is 1. The predicted molar refractivity (Wildman–Crippen MR) is 94.6 cm³/mol. The van der Waals surface area contributed by atoms with Gasteiger partial charge in [0.25, 0.3) is 5.91 Å². The molecule has 1 aliphatic carbocycles. The SMILES string of the molecule is O=C(O)C(F)(F)F.O=C(c1cccnc1)N1C[C@H]2CN(CC3CC3)CC[C@H]2C1. The molecule has 0 bridgehead atoms. The van der Waals surface area contributed by atoms with Crippen LogP contribution in [0.4, 0.5) is 13.2 Å². The van der Waals surface area contributed by atoms with Crippen LogP contribution in [0.1, 0.15) is 29.6 Å². The van der Waals surface area contributed by atoms with Crippen LogP contribution in [-0.2, 0) is 4.79 Å². The average Bonchev–Trinajstić information content (AvgIpc) is 3.37. The summed E-state index contributed by atoms with van der Waals surface area (Å²) in [7, 11) is 0. The fourth-order valence-corrected chi connectivity index (χ4v) is 3.91. The van der Waals surface area contributed by atoms with Gasteiger partial charge in [-0.05, 0) is 55.7 Å². The summed E-state index contributed by atoms with van der Waals surface area (Å²) in [6.45, 7) is 5.58. The summed E-state index contributed by atoms with van der Waals surface area (Å²) in [5.41, 5.74) is 0.728. The topological polar surface area (TPSA) is 73.7 Å². The highest BCUT2D eigenvalue weighted by Gasteiger charge is 2.40. The number of hydrogen-bond donors (Lipinski definition) is 1. The number of aliphatic carboxylic acids is 1. The fraction of sp³-hybridized carbons (Fsp3) is 0.632. The van der Waals surface area contributed by atoms with E-state index < -0.39 is 12.1 Å². The Hall–Kier alpha value is -2.16. The van der Waals surface area contributed by atoms with Crippen LogP contribution in [0.15, 0.2) is 24.5 Å². The summed E-state index contributed by atoms with van der Waals surface area (Å²) in [5, 5.41) is 7.12. The highest BCUT2D eigenvalue weighted by molar-refractivity contribution is 5.94. The molecule has 1 amide bonds. The van der Waals surface area contributed by atoms with E-state index in [1.807, 2.05) is 17.0 Å². The van der Waals surface area contributed by atoms with Gasteiger partial charge in [-0.15, -0.1) is 0 Å². The number of carboxylic acids is 1. The maximum atomic E-state index is 12.5. The molecule has 2 saturated heterocycles. The molecule has 1 aromatic heterocycles. The molecule has 0 aromatic carbocycles.